The molecule has 0 fully saturated rings. The van der Waals surface area contributed by atoms with Gasteiger partial charge in [0.05, 0.1) is 0 Å². The zero-order valence-electron chi connectivity index (χ0n) is 6.52. The van der Waals surface area contributed by atoms with Crippen LogP contribution in [0, 0.1) is 0 Å². The van der Waals surface area contributed by atoms with E-state index >= 15 is 0 Å². The van der Waals surface area contributed by atoms with Crippen LogP contribution in [0.2, 0.25) is 0 Å². The first kappa shape index (κ1) is 8.44. The minimum Gasteiger partial charge on any atom is -0.305 e. The van der Waals surface area contributed by atoms with Crippen LogP contribution in [0.25, 0.3) is 0 Å². The average Bonchev–Trinajstić information content (AvgIpc) is 1.63. The predicted octanol–water partition coefficient (Wildman–Crippen LogP) is 1.68. The summed E-state index contributed by atoms with van der Waals surface area (Å²) in [5, 5.41) is 0. The molecule has 0 radical (unpaired) electrons. The molecule has 0 unspecified atom stereocenters. The van der Waals surface area contributed by atoms with E-state index in [0.29, 0.717) is 0 Å². The van der Waals surface area contributed by atoms with Crippen molar-refractivity contribution in [3.8, 4) is 0 Å². The Kier molecular flexibility index (Phi) is 4.06. The van der Waals surface area contributed by atoms with E-state index in [2.05, 4.69) is 32.5 Å². The van der Waals surface area contributed by atoms with Gasteiger partial charge in [-0.1, -0.05) is 24.3 Å². The van der Waals surface area contributed by atoms with Crippen LogP contribution >= 0.6 is 0 Å². The van der Waals surface area contributed by atoms with E-state index in [1.54, 1.807) is 0 Å². The molecule has 0 bridgehead atoms. The van der Waals surface area contributed by atoms with Gasteiger partial charge < -0.3 is 4.90 Å². The highest BCUT2D eigenvalue weighted by Crippen LogP contribution is 1.92. The monoisotopic (exact) mass is 125 g/mol. The molecule has 0 aromatic rings. The van der Waals surface area contributed by atoms with Crippen LogP contribution in [0.15, 0.2) is 24.3 Å². The number of rotatable bonds is 3. The number of hydrogen-bond donors (Lipinski definition) is 0. The van der Waals surface area contributed by atoms with Crippen molar-refractivity contribution < 1.29 is 0 Å². The van der Waals surface area contributed by atoms with Crippen LogP contribution < -0.4 is 0 Å². The first-order valence-electron chi connectivity index (χ1n) is 3.09. The van der Waals surface area contributed by atoms with Gasteiger partial charge in [0.1, 0.15) is 0 Å². The lowest BCUT2D eigenvalue weighted by molar-refractivity contribution is 0.445. The zero-order valence-corrected chi connectivity index (χ0v) is 6.52. The Morgan fingerprint density at radius 2 is 2.11 bits per heavy atom. The molecule has 0 N–H and O–H groups in total. The summed E-state index contributed by atoms with van der Waals surface area (Å²) in [6.07, 6.45) is 3.85. The molecule has 0 aliphatic heterocycles. The van der Waals surface area contributed by atoms with E-state index in [0.717, 1.165) is 6.54 Å². The zero-order chi connectivity index (χ0) is 7.28. The van der Waals surface area contributed by atoms with Crippen molar-refractivity contribution in [2.75, 3.05) is 20.6 Å². The molecule has 0 saturated carbocycles. The quantitative estimate of drug-likeness (QED) is 0.519. The molecule has 0 saturated heterocycles. The Morgan fingerprint density at radius 1 is 1.56 bits per heavy atom. The summed E-state index contributed by atoms with van der Waals surface area (Å²) < 4.78 is 0. The predicted molar refractivity (Wildman–Crippen MR) is 42.5 cm³/mol. The average molecular weight is 125 g/mol. The van der Waals surface area contributed by atoms with Gasteiger partial charge in [0.15, 0.2) is 0 Å². The molecule has 0 aliphatic carbocycles. The lowest BCUT2D eigenvalue weighted by Crippen LogP contribution is -2.13. The third-order valence-electron chi connectivity index (χ3n) is 0.968. The van der Waals surface area contributed by atoms with Crippen molar-refractivity contribution in [3.05, 3.63) is 24.3 Å². The normalized spacial score (nSPS) is 12.2. The largest absolute Gasteiger partial charge is 0.305 e. The molecule has 52 valence electrons. The molecule has 0 rings (SSSR count). The summed E-state index contributed by atoms with van der Waals surface area (Å²) in [7, 11) is 4.11. The van der Waals surface area contributed by atoms with E-state index in [-0.39, 0.29) is 0 Å². The van der Waals surface area contributed by atoms with Crippen LogP contribution in [-0.2, 0) is 0 Å². The summed E-state index contributed by atoms with van der Waals surface area (Å²) in [6, 6.07) is 0. The molecule has 1 nitrogen and oxygen atoms in total. The third kappa shape index (κ3) is 5.31. The molecule has 0 heterocycles. The maximum atomic E-state index is 3.61. The van der Waals surface area contributed by atoms with Crippen LogP contribution in [0.1, 0.15) is 6.92 Å². The van der Waals surface area contributed by atoms with E-state index in [4.69, 9.17) is 0 Å². The molecule has 0 amide bonds. The third-order valence-corrected chi connectivity index (χ3v) is 0.968. The summed E-state index contributed by atoms with van der Waals surface area (Å²) >= 11 is 0. The van der Waals surface area contributed by atoms with Crippen molar-refractivity contribution in [3.63, 3.8) is 0 Å². The molecule has 0 aromatic heterocycles. The number of allylic oxidation sites excluding steroid dienone is 2. The van der Waals surface area contributed by atoms with E-state index in [1.165, 1.54) is 5.57 Å². The Hall–Kier alpha value is -0.560. The van der Waals surface area contributed by atoms with Crippen molar-refractivity contribution in [2.24, 2.45) is 0 Å². The van der Waals surface area contributed by atoms with E-state index in [9.17, 15) is 0 Å². The van der Waals surface area contributed by atoms with Crippen LogP contribution in [-0.4, -0.2) is 25.5 Å². The minimum atomic E-state index is 1.02. The van der Waals surface area contributed by atoms with Gasteiger partial charge in [0, 0.05) is 6.54 Å². The lowest BCUT2D eigenvalue weighted by atomic mass is 10.3. The summed E-state index contributed by atoms with van der Waals surface area (Å²) in [4.78, 5) is 2.13. The molecular formula is C8H15N. The standard InChI is InChI=1S/C8H15N/c1-5-6-8(2)7-9(3)4/h5-6H,1,7H2,2-4H3/b8-6-. The van der Waals surface area contributed by atoms with Crippen molar-refractivity contribution >= 4 is 0 Å². The second-order valence-electron chi connectivity index (χ2n) is 2.49. The molecule has 0 atom stereocenters. The maximum Gasteiger partial charge on any atom is 0.0187 e. The van der Waals surface area contributed by atoms with Gasteiger partial charge in [-0.3, -0.25) is 0 Å². The highest BCUT2D eigenvalue weighted by atomic mass is 15.0. The van der Waals surface area contributed by atoms with Gasteiger partial charge in [0.2, 0.25) is 0 Å². The lowest BCUT2D eigenvalue weighted by Gasteiger charge is -2.08. The van der Waals surface area contributed by atoms with Gasteiger partial charge >= 0.3 is 0 Å². The topological polar surface area (TPSA) is 3.24 Å². The SMILES string of the molecule is C=C/C=C(/C)CN(C)C. The second kappa shape index (κ2) is 4.33. The molecule has 0 spiro atoms. The Labute approximate surface area is 57.7 Å². The fourth-order valence-corrected chi connectivity index (χ4v) is 0.753. The van der Waals surface area contributed by atoms with Crippen LogP contribution in [0.5, 0.6) is 0 Å². The first-order chi connectivity index (χ1) is 4.16. The van der Waals surface area contributed by atoms with Crippen molar-refractivity contribution in [1.82, 2.24) is 4.90 Å². The smallest absolute Gasteiger partial charge is 0.0187 e. The number of likely N-dealkylation sites (N-methyl/N-ethyl adjacent to an activating group) is 1. The van der Waals surface area contributed by atoms with E-state index < -0.39 is 0 Å². The van der Waals surface area contributed by atoms with Crippen LogP contribution in [0.3, 0.4) is 0 Å². The van der Waals surface area contributed by atoms with E-state index in [1.807, 2.05) is 12.2 Å². The molecule has 0 aliphatic rings. The fourth-order valence-electron chi connectivity index (χ4n) is 0.753. The Bertz CT molecular complexity index is 112. The van der Waals surface area contributed by atoms with Gasteiger partial charge in [-0.25, -0.2) is 0 Å². The van der Waals surface area contributed by atoms with Gasteiger partial charge in [-0.2, -0.15) is 0 Å². The second-order valence-corrected chi connectivity index (χ2v) is 2.49. The molecule has 9 heavy (non-hydrogen) atoms. The minimum absolute atomic E-state index is 1.02. The summed E-state index contributed by atoms with van der Waals surface area (Å²) in [6.45, 7) is 6.73. The van der Waals surface area contributed by atoms with Crippen molar-refractivity contribution in [1.29, 1.82) is 0 Å². The summed E-state index contributed by atoms with van der Waals surface area (Å²) in [5.74, 6) is 0. The van der Waals surface area contributed by atoms with Crippen LogP contribution in [0.4, 0.5) is 0 Å². The van der Waals surface area contributed by atoms with Gasteiger partial charge in [0.25, 0.3) is 0 Å². The maximum absolute atomic E-state index is 3.61. The van der Waals surface area contributed by atoms with Crippen molar-refractivity contribution in [2.45, 2.75) is 6.92 Å². The first-order valence-corrected chi connectivity index (χ1v) is 3.09. The molecule has 0 aromatic carbocycles. The summed E-state index contributed by atoms with van der Waals surface area (Å²) in [5.41, 5.74) is 1.34. The molecule has 1 heteroatoms. The number of nitrogens with zero attached hydrogens (tertiary/aromatic N) is 1. The van der Waals surface area contributed by atoms with Gasteiger partial charge in [-0.15, -0.1) is 0 Å². The Balaban J connectivity index is 3.61. The fraction of sp³-hybridized carbons (Fsp3) is 0.500. The van der Waals surface area contributed by atoms with Gasteiger partial charge in [-0.05, 0) is 21.0 Å². The molecular weight excluding hydrogens is 110 g/mol. The number of hydrogen-bond acceptors (Lipinski definition) is 1. The highest BCUT2D eigenvalue weighted by molar-refractivity contribution is 5.08. The highest BCUT2D eigenvalue weighted by Gasteiger charge is 1.88. The Morgan fingerprint density at radius 3 is 2.44 bits per heavy atom.